The lowest BCUT2D eigenvalue weighted by Gasteiger charge is -2.07. The van der Waals surface area contributed by atoms with Gasteiger partial charge in [-0.3, -0.25) is 0 Å². The molecular weight excluding hydrogens is 156 g/mol. The molecule has 0 heterocycles. The van der Waals surface area contributed by atoms with Crippen LogP contribution in [0.25, 0.3) is 0 Å². The standard InChI is InChI=1S/C9H11OS/c1-3-8-6-4-5-7-9(8)11(2)10/h4-7H,1,3H2,2H3. The lowest BCUT2D eigenvalue weighted by atomic mass is 10.2. The SMILES string of the molecule is [CH2]Cc1ccccc1[S+](C)[O-]. The molecule has 1 radical (unpaired) electrons. The van der Waals surface area contributed by atoms with Crippen molar-refractivity contribution in [2.45, 2.75) is 11.3 Å². The highest BCUT2D eigenvalue weighted by atomic mass is 32.2. The van der Waals surface area contributed by atoms with Gasteiger partial charge in [-0.05, 0) is 30.6 Å². The Morgan fingerprint density at radius 3 is 2.55 bits per heavy atom. The van der Waals surface area contributed by atoms with Crippen LogP contribution in [0.1, 0.15) is 5.56 Å². The normalized spacial score (nSPS) is 13.0. The van der Waals surface area contributed by atoms with Crippen molar-refractivity contribution in [2.24, 2.45) is 0 Å². The molecule has 0 fully saturated rings. The Balaban J connectivity index is 3.02. The van der Waals surface area contributed by atoms with Crippen molar-refractivity contribution in [2.75, 3.05) is 6.26 Å². The molecule has 0 N–H and O–H groups in total. The van der Waals surface area contributed by atoms with Gasteiger partial charge in [0.05, 0.1) is 0 Å². The van der Waals surface area contributed by atoms with E-state index in [4.69, 9.17) is 0 Å². The summed E-state index contributed by atoms with van der Waals surface area (Å²) in [6.07, 6.45) is 2.39. The van der Waals surface area contributed by atoms with E-state index >= 15 is 0 Å². The van der Waals surface area contributed by atoms with Crippen LogP contribution in [0, 0.1) is 6.92 Å². The van der Waals surface area contributed by atoms with Crippen LogP contribution in [0.15, 0.2) is 29.2 Å². The van der Waals surface area contributed by atoms with E-state index in [1.165, 1.54) is 0 Å². The summed E-state index contributed by atoms with van der Waals surface area (Å²) in [7, 11) is 0. The summed E-state index contributed by atoms with van der Waals surface area (Å²) in [6.45, 7) is 3.76. The van der Waals surface area contributed by atoms with E-state index in [-0.39, 0.29) is 0 Å². The van der Waals surface area contributed by atoms with Crippen LogP contribution in [0.5, 0.6) is 0 Å². The summed E-state index contributed by atoms with van der Waals surface area (Å²) >= 11 is -0.880. The van der Waals surface area contributed by atoms with Gasteiger partial charge in [0.15, 0.2) is 4.90 Å². The first kappa shape index (κ1) is 8.62. The fraction of sp³-hybridized carbons (Fsp3) is 0.222. The lowest BCUT2D eigenvalue weighted by molar-refractivity contribution is 0.600. The van der Waals surface area contributed by atoms with Gasteiger partial charge in [0.2, 0.25) is 0 Å². The summed E-state index contributed by atoms with van der Waals surface area (Å²) in [5.74, 6) is 0. The van der Waals surface area contributed by atoms with E-state index in [1.807, 2.05) is 24.3 Å². The molecule has 1 atom stereocenters. The number of hydrogen-bond acceptors (Lipinski definition) is 1. The molecule has 0 aliphatic heterocycles. The second kappa shape index (κ2) is 3.79. The average molecular weight is 167 g/mol. The molecule has 0 spiro atoms. The monoisotopic (exact) mass is 167 g/mol. The van der Waals surface area contributed by atoms with Crippen LogP contribution in [0.4, 0.5) is 0 Å². The van der Waals surface area contributed by atoms with E-state index in [0.29, 0.717) is 6.42 Å². The van der Waals surface area contributed by atoms with Gasteiger partial charge in [0, 0.05) is 5.56 Å². The molecule has 1 rings (SSSR count). The third-order valence-corrected chi connectivity index (χ3v) is 2.57. The largest absolute Gasteiger partial charge is 0.612 e. The highest BCUT2D eigenvalue weighted by molar-refractivity contribution is 7.90. The molecule has 0 saturated carbocycles. The number of hydrogen-bond donors (Lipinski definition) is 0. The fourth-order valence-electron chi connectivity index (χ4n) is 0.991. The Hall–Kier alpha value is -0.470. The first-order valence-electron chi connectivity index (χ1n) is 3.46. The van der Waals surface area contributed by atoms with Crippen molar-refractivity contribution in [3.05, 3.63) is 36.8 Å². The van der Waals surface area contributed by atoms with Crippen LogP contribution >= 0.6 is 0 Å². The molecule has 0 aliphatic carbocycles. The number of rotatable bonds is 2. The Labute approximate surface area is 70.6 Å². The predicted molar refractivity (Wildman–Crippen MR) is 47.8 cm³/mol. The second-order valence-corrected chi connectivity index (χ2v) is 3.66. The Bertz CT molecular complexity index is 233. The van der Waals surface area contributed by atoms with Crippen molar-refractivity contribution >= 4 is 11.2 Å². The smallest absolute Gasteiger partial charge is 0.155 e. The summed E-state index contributed by atoms with van der Waals surface area (Å²) in [6, 6.07) is 7.69. The highest BCUT2D eigenvalue weighted by Crippen LogP contribution is 2.14. The molecule has 0 bridgehead atoms. The lowest BCUT2D eigenvalue weighted by Crippen LogP contribution is -2.01. The van der Waals surface area contributed by atoms with Crippen LogP contribution in [-0.4, -0.2) is 10.8 Å². The van der Waals surface area contributed by atoms with Gasteiger partial charge in [-0.1, -0.05) is 18.2 Å². The summed E-state index contributed by atoms with van der Waals surface area (Å²) in [5, 5.41) is 0. The molecule has 1 unspecified atom stereocenters. The van der Waals surface area contributed by atoms with Crippen LogP contribution in [0.2, 0.25) is 0 Å². The zero-order valence-corrected chi connectivity index (χ0v) is 7.36. The topological polar surface area (TPSA) is 23.1 Å². The molecule has 0 aromatic heterocycles. The molecule has 11 heavy (non-hydrogen) atoms. The van der Waals surface area contributed by atoms with Crippen LogP contribution in [0.3, 0.4) is 0 Å². The first-order valence-corrected chi connectivity index (χ1v) is 5.02. The maximum atomic E-state index is 11.1. The summed E-state index contributed by atoms with van der Waals surface area (Å²) in [5.41, 5.74) is 1.08. The fourth-order valence-corrected chi connectivity index (χ4v) is 1.80. The number of benzene rings is 1. The second-order valence-electron chi connectivity index (χ2n) is 2.31. The average Bonchev–Trinajstić information content (AvgIpc) is 2.04. The maximum absolute atomic E-state index is 11.1. The van der Waals surface area contributed by atoms with Crippen molar-refractivity contribution < 1.29 is 4.55 Å². The van der Waals surface area contributed by atoms with E-state index < -0.39 is 11.2 Å². The molecule has 2 heteroatoms. The van der Waals surface area contributed by atoms with Crippen LogP contribution < -0.4 is 0 Å². The Morgan fingerprint density at radius 2 is 2.09 bits per heavy atom. The predicted octanol–water partition coefficient (Wildman–Crippen LogP) is 1.80. The maximum Gasteiger partial charge on any atom is 0.155 e. The van der Waals surface area contributed by atoms with E-state index in [0.717, 1.165) is 10.5 Å². The Morgan fingerprint density at radius 1 is 1.45 bits per heavy atom. The van der Waals surface area contributed by atoms with Crippen molar-refractivity contribution in [3.63, 3.8) is 0 Å². The third-order valence-electron chi connectivity index (χ3n) is 1.55. The van der Waals surface area contributed by atoms with Gasteiger partial charge >= 0.3 is 0 Å². The van der Waals surface area contributed by atoms with Crippen molar-refractivity contribution in [1.29, 1.82) is 0 Å². The molecule has 59 valence electrons. The summed E-state index contributed by atoms with van der Waals surface area (Å²) in [4.78, 5) is 0.905. The molecule has 0 amide bonds. The first-order chi connectivity index (χ1) is 5.25. The van der Waals surface area contributed by atoms with Gasteiger partial charge < -0.3 is 4.55 Å². The minimum Gasteiger partial charge on any atom is -0.612 e. The van der Waals surface area contributed by atoms with E-state index in [1.54, 1.807) is 6.26 Å². The van der Waals surface area contributed by atoms with Gasteiger partial charge in [-0.2, -0.15) is 0 Å². The molecule has 1 nitrogen and oxygen atoms in total. The van der Waals surface area contributed by atoms with E-state index in [9.17, 15) is 4.55 Å². The highest BCUT2D eigenvalue weighted by Gasteiger charge is 2.07. The third kappa shape index (κ3) is 1.98. The molecule has 1 aromatic carbocycles. The van der Waals surface area contributed by atoms with Crippen molar-refractivity contribution in [3.8, 4) is 0 Å². The van der Waals surface area contributed by atoms with Crippen LogP contribution in [-0.2, 0) is 17.6 Å². The van der Waals surface area contributed by atoms with Gasteiger partial charge in [-0.25, -0.2) is 0 Å². The molecule has 0 aliphatic rings. The molecular formula is C9H11OS. The quantitative estimate of drug-likeness (QED) is 0.616. The zero-order valence-electron chi connectivity index (χ0n) is 6.54. The molecule has 0 saturated heterocycles. The minimum absolute atomic E-state index is 0.704. The van der Waals surface area contributed by atoms with Gasteiger partial charge in [-0.15, -0.1) is 0 Å². The summed E-state index contributed by atoms with van der Waals surface area (Å²) < 4.78 is 11.1. The van der Waals surface area contributed by atoms with Gasteiger partial charge in [0.25, 0.3) is 0 Å². The van der Waals surface area contributed by atoms with E-state index in [2.05, 4.69) is 6.92 Å². The van der Waals surface area contributed by atoms with Crippen molar-refractivity contribution in [1.82, 2.24) is 0 Å². The Kier molecular flexibility index (Phi) is 2.97. The van der Waals surface area contributed by atoms with Gasteiger partial charge in [0.1, 0.15) is 6.26 Å². The zero-order chi connectivity index (χ0) is 8.27. The minimum atomic E-state index is -0.880. The molecule has 1 aromatic rings.